The first kappa shape index (κ1) is 25.6. The highest BCUT2D eigenvalue weighted by molar-refractivity contribution is 5.87. The highest BCUT2D eigenvalue weighted by Gasteiger charge is 2.43. The zero-order chi connectivity index (χ0) is 27.1. The van der Waals surface area contributed by atoms with Crippen molar-refractivity contribution < 1.29 is 36.7 Å². The maximum absolute atomic E-state index is 13.1. The molecule has 2 atom stereocenters. The molecule has 1 aliphatic carbocycles. The summed E-state index contributed by atoms with van der Waals surface area (Å²) in [4.78, 5) is 22.8. The van der Waals surface area contributed by atoms with E-state index in [-0.39, 0.29) is 47.7 Å². The zero-order valence-corrected chi connectivity index (χ0v) is 21.2. The van der Waals surface area contributed by atoms with Gasteiger partial charge in [0.2, 0.25) is 0 Å². The van der Waals surface area contributed by atoms with Crippen molar-refractivity contribution in [3.63, 3.8) is 0 Å². The molecular weight excluding hydrogens is 517 g/mol. The van der Waals surface area contributed by atoms with Crippen molar-refractivity contribution in [1.82, 2.24) is 15.1 Å². The normalized spacial score (nSPS) is 22.7. The van der Waals surface area contributed by atoms with E-state index in [4.69, 9.17) is 14.0 Å². The van der Waals surface area contributed by atoms with Crippen LogP contribution in [0.25, 0.3) is 11.3 Å². The van der Waals surface area contributed by atoms with Gasteiger partial charge < -0.3 is 23.6 Å². The van der Waals surface area contributed by atoms with Crippen molar-refractivity contribution in [2.75, 3.05) is 12.0 Å². The Kier molecular flexibility index (Phi) is 6.66. The van der Waals surface area contributed by atoms with Gasteiger partial charge in [0.05, 0.1) is 32.2 Å². The summed E-state index contributed by atoms with van der Waals surface area (Å²) < 4.78 is 60.3. The molecule has 3 aliphatic rings. The molecule has 3 fully saturated rings. The number of methoxy groups -OCH3 is 1. The Balaban J connectivity index is 1.20. The molecule has 1 saturated carbocycles. The van der Waals surface area contributed by atoms with E-state index in [2.05, 4.69) is 24.8 Å². The van der Waals surface area contributed by atoms with Crippen LogP contribution in [0.3, 0.4) is 0 Å². The molecule has 0 amide bonds. The molecule has 2 aliphatic heterocycles. The first-order valence-electron chi connectivity index (χ1n) is 12.9. The van der Waals surface area contributed by atoms with Crippen LogP contribution in [0.4, 0.5) is 19.0 Å². The van der Waals surface area contributed by atoms with Crippen LogP contribution in [0.15, 0.2) is 41.2 Å². The molecule has 2 unspecified atom stereocenters. The topological polar surface area (TPSA) is 99.8 Å². The second kappa shape index (κ2) is 10.1. The lowest BCUT2D eigenvalue weighted by molar-refractivity contribution is -0.274. The molecule has 39 heavy (non-hydrogen) atoms. The third-order valence-electron chi connectivity index (χ3n) is 7.57. The van der Waals surface area contributed by atoms with Crippen molar-refractivity contribution in [2.45, 2.75) is 75.6 Å². The van der Waals surface area contributed by atoms with Gasteiger partial charge in [-0.15, -0.1) is 13.2 Å². The van der Waals surface area contributed by atoms with Gasteiger partial charge in [-0.2, -0.15) is 0 Å². The number of benzene rings is 1. The third kappa shape index (κ3) is 5.29. The summed E-state index contributed by atoms with van der Waals surface area (Å²) in [6.07, 6.45) is 3.44. The molecule has 3 aromatic rings. The van der Waals surface area contributed by atoms with Gasteiger partial charge in [0, 0.05) is 29.1 Å². The second-order valence-electron chi connectivity index (χ2n) is 10.1. The largest absolute Gasteiger partial charge is 0.573 e. The first-order chi connectivity index (χ1) is 18.8. The molecule has 0 radical (unpaired) electrons. The number of nitrogens with zero attached hydrogens (tertiary/aromatic N) is 4. The van der Waals surface area contributed by atoms with Crippen molar-refractivity contribution in [2.24, 2.45) is 0 Å². The summed E-state index contributed by atoms with van der Waals surface area (Å²) in [5.41, 5.74) is 1.35. The Morgan fingerprint density at radius 3 is 2.54 bits per heavy atom. The number of piperidine rings is 1. The first-order valence-corrected chi connectivity index (χ1v) is 12.9. The van der Waals surface area contributed by atoms with Crippen LogP contribution < -0.4 is 9.64 Å². The van der Waals surface area contributed by atoms with Crippen LogP contribution in [0.5, 0.6) is 5.75 Å². The minimum absolute atomic E-state index is 0.0630. The minimum atomic E-state index is -4.83. The second-order valence-corrected chi connectivity index (χ2v) is 10.1. The number of halogens is 3. The summed E-state index contributed by atoms with van der Waals surface area (Å²) in [7, 11) is 1.31. The number of carbonyl (C=O) groups excluding carboxylic acids is 1. The van der Waals surface area contributed by atoms with E-state index in [1.807, 2.05) is 0 Å². The smallest absolute Gasteiger partial charge is 0.464 e. The van der Waals surface area contributed by atoms with Crippen molar-refractivity contribution in [3.05, 3.63) is 53.7 Å². The van der Waals surface area contributed by atoms with Crippen LogP contribution in [-0.2, 0) is 16.1 Å². The molecular formula is C27H27F3N4O5. The maximum Gasteiger partial charge on any atom is 0.573 e. The number of fused-ring (bicyclic) bond motifs is 2. The van der Waals surface area contributed by atoms with Crippen LogP contribution in [0, 0.1) is 0 Å². The van der Waals surface area contributed by atoms with Crippen LogP contribution >= 0.6 is 0 Å². The number of alkyl halides is 3. The number of esters is 1. The third-order valence-corrected chi connectivity index (χ3v) is 7.57. The van der Waals surface area contributed by atoms with Gasteiger partial charge in [-0.25, -0.2) is 9.78 Å². The molecule has 2 bridgehead atoms. The quantitative estimate of drug-likeness (QED) is 0.345. The molecule has 2 aromatic heterocycles. The molecule has 2 saturated heterocycles. The monoisotopic (exact) mass is 544 g/mol. The fraction of sp³-hybridized carbons (Fsp3) is 0.481. The Morgan fingerprint density at radius 1 is 1.10 bits per heavy atom. The molecule has 0 N–H and O–H groups in total. The van der Waals surface area contributed by atoms with E-state index >= 15 is 0 Å². The number of aromatic nitrogens is 3. The lowest BCUT2D eigenvalue weighted by atomic mass is 9.99. The molecule has 1 aromatic carbocycles. The van der Waals surface area contributed by atoms with Gasteiger partial charge in [-0.1, -0.05) is 17.3 Å². The van der Waals surface area contributed by atoms with Crippen LogP contribution in [-0.4, -0.2) is 52.8 Å². The Hall–Kier alpha value is -3.67. The van der Waals surface area contributed by atoms with Gasteiger partial charge >= 0.3 is 12.3 Å². The highest BCUT2D eigenvalue weighted by atomic mass is 19.4. The Bertz CT molecular complexity index is 1350. The number of anilines is 1. The summed E-state index contributed by atoms with van der Waals surface area (Å²) in [5, 5.41) is 4.16. The van der Waals surface area contributed by atoms with Gasteiger partial charge in [0.25, 0.3) is 0 Å². The van der Waals surface area contributed by atoms with E-state index in [9.17, 15) is 18.0 Å². The van der Waals surface area contributed by atoms with E-state index in [1.165, 1.54) is 25.4 Å². The summed E-state index contributed by atoms with van der Waals surface area (Å²) in [6, 6.07) is 6.27. The number of rotatable bonds is 8. The number of carbonyl (C=O) groups is 1. The minimum Gasteiger partial charge on any atom is -0.464 e. The summed E-state index contributed by atoms with van der Waals surface area (Å²) >= 11 is 0. The maximum atomic E-state index is 13.1. The average Bonchev–Trinajstić information content (AvgIpc) is 3.62. The van der Waals surface area contributed by atoms with E-state index in [1.54, 1.807) is 18.3 Å². The van der Waals surface area contributed by atoms with Crippen molar-refractivity contribution in [3.8, 4) is 17.0 Å². The van der Waals surface area contributed by atoms with Gasteiger partial charge in [0.1, 0.15) is 23.0 Å². The fourth-order valence-electron chi connectivity index (χ4n) is 5.74. The van der Waals surface area contributed by atoms with Crippen LogP contribution in [0.2, 0.25) is 0 Å². The molecule has 4 heterocycles. The van der Waals surface area contributed by atoms with Crippen LogP contribution in [0.1, 0.15) is 66.3 Å². The number of hydrogen-bond donors (Lipinski definition) is 0. The van der Waals surface area contributed by atoms with Crippen molar-refractivity contribution in [1.29, 1.82) is 0 Å². The lowest BCUT2D eigenvalue weighted by Gasteiger charge is -2.39. The molecule has 0 spiro atoms. The Morgan fingerprint density at radius 2 is 1.85 bits per heavy atom. The van der Waals surface area contributed by atoms with E-state index in [0.29, 0.717) is 22.8 Å². The number of hydrogen-bond acceptors (Lipinski definition) is 9. The molecule has 206 valence electrons. The molecule has 9 nitrogen and oxygen atoms in total. The van der Waals surface area contributed by atoms with E-state index < -0.39 is 12.3 Å². The summed E-state index contributed by atoms with van der Waals surface area (Å²) in [5.74, 6) is 0.639. The van der Waals surface area contributed by atoms with E-state index in [0.717, 1.165) is 38.5 Å². The molecule has 6 rings (SSSR count). The lowest BCUT2D eigenvalue weighted by Crippen LogP contribution is -2.46. The van der Waals surface area contributed by atoms with Gasteiger partial charge in [-0.3, -0.25) is 4.98 Å². The standard InChI is InChI=1S/C27H27F3N4O5/c1-36-26(35)21-12-31-13-23(32-21)34-16-8-9-17(34)11-18(10-16)37-14-20-24(33-39-25(20)15-6-7-15)19-4-2-3-5-22(19)38-27(28,29)30/h2-5,12-13,15-18H,6-11,14H2,1H3. The summed E-state index contributed by atoms with van der Waals surface area (Å²) in [6.45, 7) is 0.173. The fourth-order valence-corrected chi connectivity index (χ4v) is 5.74. The van der Waals surface area contributed by atoms with Gasteiger partial charge in [-0.05, 0) is 50.7 Å². The van der Waals surface area contributed by atoms with Gasteiger partial charge in [0.15, 0.2) is 5.69 Å². The Labute approximate surface area is 222 Å². The predicted octanol–water partition coefficient (Wildman–Crippen LogP) is 5.41. The highest BCUT2D eigenvalue weighted by Crippen LogP contribution is 2.46. The SMILES string of the molecule is COC(=O)c1cncc(N2C3CCC2CC(OCc2c(-c4ccccc4OC(F)(F)F)noc2C2CC2)C3)n1. The zero-order valence-electron chi connectivity index (χ0n) is 21.2. The average molecular weight is 545 g/mol. The number of ether oxygens (including phenoxy) is 3. The number of para-hydroxylation sites is 1. The van der Waals surface area contributed by atoms with Crippen molar-refractivity contribution >= 4 is 11.8 Å². The molecule has 12 heteroatoms. The predicted molar refractivity (Wildman–Crippen MR) is 131 cm³/mol.